The van der Waals surface area contributed by atoms with Gasteiger partial charge in [-0.25, -0.2) is 0 Å². The Kier molecular flexibility index (Phi) is 7.36. The predicted molar refractivity (Wildman–Crippen MR) is 178 cm³/mol. The molecule has 4 unspecified atom stereocenters. The van der Waals surface area contributed by atoms with Crippen LogP contribution in [-0.2, 0) is 0 Å². The lowest BCUT2D eigenvalue weighted by molar-refractivity contribution is 0.0130. The highest BCUT2D eigenvalue weighted by Gasteiger charge is 2.57. The molecule has 2 N–H and O–H groups in total. The number of hydrogen-bond donors (Lipinski definition) is 2. The van der Waals surface area contributed by atoms with E-state index < -0.39 is 0 Å². The third-order valence-corrected chi connectivity index (χ3v) is 20.3. The molecule has 0 aromatic carbocycles. The van der Waals surface area contributed by atoms with Crippen LogP contribution in [0.4, 0.5) is 0 Å². The summed E-state index contributed by atoms with van der Waals surface area (Å²) in [4.78, 5) is 0. The molecule has 10 fully saturated rings. The number of rotatable bonds is 7. The van der Waals surface area contributed by atoms with Crippen molar-refractivity contribution in [2.24, 2.45) is 65.1 Å². The molecule has 41 heavy (non-hydrogen) atoms. The maximum atomic E-state index is 3.86. The highest BCUT2D eigenvalue weighted by molar-refractivity contribution is 7.59. The zero-order valence-corrected chi connectivity index (χ0v) is 27.7. The van der Waals surface area contributed by atoms with E-state index >= 15 is 0 Å². The van der Waals surface area contributed by atoms with E-state index in [1.54, 1.807) is 64.2 Å². The van der Waals surface area contributed by atoms with Gasteiger partial charge in [0.15, 0.2) is 0 Å². The van der Waals surface area contributed by atoms with Crippen LogP contribution in [0, 0.1) is 65.1 Å². The molecule has 0 spiro atoms. The lowest BCUT2D eigenvalue weighted by Gasteiger charge is -2.62. The summed E-state index contributed by atoms with van der Waals surface area (Å²) in [5, 5.41) is 8.03. The van der Waals surface area contributed by atoms with Gasteiger partial charge in [0, 0.05) is 11.1 Å². The normalized spacial score (nSPS) is 52.0. The number of allylic oxidation sites excluding steroid dienone is 4. The molecule has 4 atom stereocenters. The van der Waals surface area contributed by atoms with Gasteiger partial charge in [0.2, 0.25) is 0 Å². The van der Waals surface area contributed by atoms with Crippen molar-refractivity contribution in [3.05, 3.63) is 23.8 Å². The Morgan fingerprint density at radius 3 is 1.56 bits per heavy atom. The van der Waals surface area contributed by atoms with Crippen LogP contribution in [0.1, 0.15) is 89.9 Å². The van der Waals surface area contributed by atoms with E-state index in [-0.39, 0.29) is 7.92 Å². The van der Waals surface area contributed by atoms with Gasteiger partial charge in [0.25, 0.3) is 0 Å². The maximum absolute atomic E-state index is 3.86. The van der Waals surface area contributed by atoms with Crippen LogP contribution in [-0.4, -0.2) is 48.8 Å². The first kappa shape index (κ1) is 27.6. The van der Waals surface area contributed by atoms with E-state index in [2.05, 4.69) is 38.1 Å². The minimum Gasteiger partial charge on any atom is -0.316 e. The number of hydrogen-bond acceptors (Lipinski definition) is 2. The zero-order chi connectivity index (χ0) is 27.1. The molecule has 8 bridgehead atoms. The first-order valence-electron chi connectivity index (χ1n) is 18.5. The fourth-order valence-electron chi connectivity index (χ4n) is 14.1. The average molecular weight is 593 g/mol. The number of piperidine rings is 2. The molecule has 0 aromatic heterocycles. The van der Waals surface area contributed by atoms with E-state index in [4.69, 9.17) is 0 Å². The Morgan fingerprint density at radius 2 is 1.15 bits per heavy atom. The van der Waals surface area contributed by atoms with Gasteiger partial charge in [-0.15, -0.1) is 9.24 Å². The minimum absolute atomic E-state index is 0.0711. The van der Waals surface area contributed by atoms with E-state index in [9.17, 15) is 0 Å². The Labute approximate surface area is 254 Å². The molecule has 2 aliphatic heterocycles. The van der Waals surface area contributed by atoms with E-state index in [1.165, 1.54) is 58.0 Å². The molecule has 2 saturated heterocycles. The van der Waals surface area contributed by atoms with Crippen LogP contribution in [0.5, 0.6) is 0 Å². The summed E-state index contributed by atoms with van der Waals surface area (Å²) in [7, 11) is 3.71. The van der Waals surface area contributed by atoms with E-state index in [1.807, 2.05) is 5.57 Å². The summed E-state index contributed by atoms with van der Waals surface area (Å²) in [6.45, 7) is 4.93. The van der Waals surface area contributed by atoms with Crippen molar-refractivity contribution in [3.63, 3.8) is 0 Å². The molecular formula is C37H58N2P2. The van der Waals surface area contributed by atoms with Gasteiger partial charge in [-0.3, -0.25) is 0 Å². The van der Waals surface area contributed by atoms with Gasteiger partial charge >= 0.3 is 0 Å². The topological polar surface area (TPSA) is 24.1 Å². The molecule has 9 aliphatic carbocycles. The molecule has 11 rings (SSSR count). The molecule has 0 amide bonds. The SMILES string of the molecule is PC(C1CCCNC1)(C1CCCNC1)C1C=CC=C1CP(C1C2CC3CC(C2)CC1C3)C1C2CC3CC(C2)CC1C3. The summed E-state index contributed by atoms with van der Waals surface area (Å²) >= 11 is 0. The van der Waals surface area contributed by atoms with Crippen LogP contribution in [0.25, 0.3) is 0 Å². The smallest absolute Gasteiger partial charge is 0.00837 e. The van der Waals surface area contributed by atoms with E-state index in [0.29, 0.717) is 11.1 Å². The first-order valence-corrected chi connectivity index (χ1v) is 20.7. The summed E-state index contributed by atoms with van der Waals surface area (Å²) in [6.07, 6.45) is 31.2. The van der Waals surface area contributed by atoms with Crippen molar-refractivity contribution in [1.29, 1.82) is 0 Å². The monoisotopic (exact) mass is 592 g/mol. The average Bonchev–Trinajstić information content (AvgIpc) is 3.45. The quantitative estimate of drug-likeness (QED) is 0.294. The summed E-state index contributed by atoms with van der Waals surface area (Å²) in [5.74, 6) is 11.1. The van der Waals surface area contributed by atoms with Crippen molar-refractivity contribution >= 4 is 17.2 Å². The fourth-order valence-corrected chi connectivity index (χ4v) is 19.6. The second kappa shape index (κ2) is 11.0. The van der Waals surface area contributed by atoms with Crippen molar-refractivity contribution in [1.82, 2.24) is 10.6 Å². The van der Waals surface area contributed by atoms with Crippen molar-refractivity contribution < 1.29 is 0 Å². The fraction of sp³-hybridized carbons (Fsp3) is 0.892. The third-order valence-electron chi connectivity index (χ3n) is 15.0. The highest BCUT2D eigenvalue weighted by atomic mass is 31.1. The van der Waals surface area contributed by atoms with Gasteiger partial charge in [-0.2, -0.15) is 0 Å². The van der Waals surface area contributed by atoms with Gasteiger partial charge in [0.1, 0.15) is 0 Å². The van der Waals surface area contributed by atoms with Gasteiger partial charge in [-0.05, 0) is 193 Å². The van der Waals surface area contributed by atoms with Crippen molar-refractivity contribution in [2.45, 2.75) is 106 Å². The van der Waals surface area contributed by atoms with Crippen molar-refractivity contribution in [3.8, 4) is 0 Å². The highest BCUT2D eigenvalue weighted by Crippen LogP contribution is 2.72. The molecular weight excluding hydrogens is 534 g/mol. The van der Waals surface area contributed by atoms with Gasteiger partial charge < -0.3 is 10.6 Å². The third kappa shape index (κ3) is 4.68. The minimum atomic E-state index is 0.0711. The van der Waals surface area contributed by atoms with Crippen LogP contribution in [0.15, 0.2) is 23.8 Å². The summed E-state index contributed by atoms with van der Waals surface area (Å²) < 4.78 is 0. The first-order chi connectivity index (χ1) is 20.1. The van der Waals surface area contributed by atoms with Crippen LogP contribution in [0.2, 0.25) is 0 Å². The zero-order valence-electron chi connectivity index (χ0n) is 25.7. The van der Waals surface area contributed by atoms with Gasteiger partial charge in [0.05, 0.1) is 0 Å². The van der Waals surface area contributed by atoms with Crippen LogP contribution in [0.3, 0.4) is 0 Å². The summed E-state index contributed by atoms with van der Waals surface area (Å²) in [5.41, 5.74) is 4.15. The Bertz CT molecular complexity index is 922. The molecule has 11 aliphatic rings. The predicted octanol–water partition coefficient (Wildman–Crippen LogP) is 7.84. The largest absolute Gasteiger partial charge is 0.316 e. The molecule has 0 radical (unpaired) electrons. The van der Waals surface area contributed by atoms with Gasteiger partial charge in [-0.1, -0.05) is 31.7 Å². The summed E-state index contributed by atoms with van der Waals surface area (Å²) in [6, 6.07) is 0. The van der Waals surface area contributed by atoms with Crippen LogP contribution < -0.4 is 10.6 Å². The molecule has 0 aromatic rings. The second-order valence-corrected chi connectivity index (χ2v) is 20.7. The van der Waals surface area contributed by atoms with E-state index in [0.717, 1.165) is 70.5 Å². The molecule has 2 nitrogen and oxygen atoms in total. The standard InChI is InChI=1S/C37H58N2P2/c40-37(32-5-2-8-38-20-32,33-6-3-9-39-21-33)34-7-1-4-27(34)22-41(35-28-12-23-10-24(14-28)15-29(35)13-23)36-30-16-25-11-26(18-30)19-31(36)17-25/h1,4,7,23-26,28-36,38-39H,2-3,5-6,8-22,40H2. The lowest BCUT2D eigenvalue weighted by atomic mass is 9.55. The maximum Gasteiger partial charge on any atom is 0.00837 e. The molecule has 4 heteroatoms. The molecule has 2 heterocycles. The van der Waals surface area contributed by atoms with Crippen LogP contribution >= 0.6 is 17.2 Å². The molecule has 226 valence electrons. The Morgan fingerprint density at radius 1 is 0.683 bits per heavy atom. The molecule has 8 saturated carbocycles. The van der Waals surface area contributed by atoms with Crippen molar-refractivity contribution in [2.75, 3.05) is 32.3 Å². The number of nitrogens with one attached hydrogen (secondary N) is 2. The lowest BCUT2D eigenvalue weighted by Crippen LogP contribution is -2.55. The Hall–Kier alpha value is 0.260. The Balaban J connectivity index is 1.06. The second-order valence-electron chi connectivity index (χ2n) is 17.2.